The summed E-state index contributed by atoms with van der Waals surface area (Å²) in [6.07, 6.45) is 0.0289. The Kier molecular flexibility index (Phi) is 6.55. The van der Waals surface area contributed by atoms with Crippen LogP contribution in [-0.2, 0) is 14.8 Å². The molecule has 5 nitrogen and oxygen atoms in total. The van der Waals surface area contributed by atoms with E-state index in [-0.39, 0.29) is 26.1 Å². The number of halogens is 2. The Bertz CT molecular complexity index is 601. The van der Waals surface area contributed by atoms with Crippen LogP contribution in [0.5, 0.6) is 0 Å². The smallest absolute Gasteiger partial charge is 0.246 e. The molecule has 0 fully saturated rings. The third kappa shape index (κ3) is 4.24. The number of hydrogen-bond donors (Lipinski definition) is 0. The molecule has 0 N–H and O–H groups in total. The van der Waals surface area contributed by atoms with E-state index in [0.29, 0.717) is 4.47 Å². The predicted molar refractivity (Wildman–Crippen MR) is 75.0 cm³/mol. The van der Waals surface area contributed by atoms with Crippen molar-refractivity contribution in [3.63, 3.8) is 0 Å². The largest absolute Gasteiger partial charge is 0.383 e. The molecule has 0 aliphatic carbocycles. The maximum atomic E-state index is 13.8. The van der Waals surface area contributed by atoms with Crippen molar-refractivity contribution in [2.45, 2.75) is 11.3 Å². The zero-order valence-corrected chi connectivity index (χ0v) is 13.2. The van der Waals surface area contributed by atoms with E-state index >= 15 is 0 Å². The van der Waals surface area contributed by atoms with Crippen molar-refractivity contribution in [1.29, 1.82) is 5.26 Å². The fourth-order valence-corrected chi connectivity index (χ4v) is 3.35. The van der Waals surface area contributed by atoms with Gasteiger partial charge in [0.25, 0.3) is 0 Å². The molecule has 0 atom stereocenters. The lowest BCUT2D eigenvalue weighted by Gasteiger charge is -2.21. The van der Waals surface area contributed by atoms with Crippen molar-refractivity contribution in [2.75, 3.05) is 26.8 Å². The Hall–Kier alpha value is -1.01. The monoisotopic (exact) mass is 364 g/mol. The first-order chi connectivity index (χ1) is 9.43. The molecule has 0 amide bonds. The first kappa shape index (κ1) is 17.0. The highest BCUT2D eigenvalue weighted by atomic mass is 79.9. The minimum atomic E-state index is -3.99. The maximum absolute atomic E-state index is 13.8. The van der Waals surface area contributed by atoms with E-state index < -0.39 is 20.7 Å². The minimum absolute atomic E-state index is 0.00228. The summed E-state index contributed by atoms with van der Waals surface area (Å²) in [6.45, 7) is 0.233. The van der Waals surface area contributed by atoms with Gasteiger partial charge >= 0.3 is 0 Å². The van der Waals surface area contributed by atoms with E-state index in [1.807, 2.05) is 6.07 Å². The van der Waals surface area contributed by atoms with E-state index in [0.717, 1.165) is 10.4 Å². The summed E-state index contributed by atoms with van der Waals surface area (Å²) in [5.74, 6) is -0.834. The molecule has 0 radical (unpaired) electrons. The summed E-state index contributed by atoms with van der Waals surface area (Å²) in [6, 6.07) is 5.61. The lowest BCUT2D eigenvalue weighted by Crippen LogP contribution is -2.35. The molecule has 0 saturated heterocycles. The second kappa shape index (κ2) is 7.69. The molecule has 1 rings (SSSR count). The van der Waals surface area contributed by atoms with Crippen LogP contribution >= 0.6 is 15.9 Å². The van der Waals surface area contributed by atoms with Crippen LogP contribution < -0.4 is 0 Å². The van der Waals surface area contributed by atoms with Gasteiger partial charge in [-0.2, -0.15) is 9.57 Å². The number of sulfonamides is 1. The van der Waals surface area contributed by atoms with Crippen molar-refractivity contribution in [3.8, 4) is 6.07 Å². The van der Waals surface area contributed by atoms with Crippen LogP contribution in [0.25, 0.3) is 0 Å². The van der Waals surface area contributed by atoms with Gasteiger partial charge in [-0.3, -0.25) is 0 Å². The third-order valence-electron chi connectivity index (χ3n) is 2.53. The number of methoxy groups -OCH3 is 1. The van der Waals surface area contributed by atoms with Gasteiger partial charge in [0.15, 0.2) is 0 Å². The number of rotatable bonds is 7. The van der Waals surface area contributed by atoms with Gasteiger partial charge in [0.05, 0.1) is 12.7 Å². The number of nitrogens with zero attached hydrogens (tertiary/aromatic N) is 2. The van der Waals surface area contributed by atoms with Gasteiger partial charge in [-0.1, -0.05) is 15.9 Å². The van der Waals surface area contributed by atoms with Gasteiger partial charge in [0, 0.05) is 31.1 Å². The van der Waals surface area contributed by atoms with Crippen molar-refractivity contribution < 1.29 is 17.5 Å². The zero-order chi connectivity index (χ0) is 15.2. The van der Waals surface area contributed by atoms with Crippen LogP contribution in [0.1, 0.15) is 6.42 Å². The molecule has 0 spiro atoms. The van der Waals surface area contributed by atoms with Gasteiger partial charge in [-0.25, -0.2) is 12.8 Å². The second-order valence-electron chi connectivity index (χ2n) is 3.88. The zero-order valence-electron chi connectivity index (χ0n) is 10.8. The summed E-state index contributed by atoms with van der Waals surface area (Å²) in [5, 5.41) is 8.58. The van der Waals surface area contributed by atoms with Crippen molar-refractivity contribution in [2.24, 2.45) is 0 Å². The molecule has 0 saturated carbocycles. The molecule has 1 aromatic carbocycles. The van der Waals surface area contributed by atoms with Crippen LogP contribution in [0.4, 0.5) is 4.39 Å². The second-order valence-corrected chi connectivity index (χ2v) is 6.70. The van der Waals surface area contributed by atoms with Crippen molar-refractivity contribution in [1.82, 2.24) is 4.31 Å². The van der Waals surface area contributed by atoms with Crippen LogP contribution in [-0.4, -0.2) is 39.5 Å². The lowest BCUT2D eigenvalue weighted by molar-refractivity contribution is 0.179. The highest BCUT2D eigenvalue weighted by Crippen LogP contribution is 2.22. The standard InChI is InChI=1S/C12H14BrFN2O3S/c1-19-8-7-16(6-2-5-15)20(17,18)12-4-3-10(13)9-11(12)14/h3-4,9H,2,6-8H2,1H3. The maximum Gasteiger partial charge on any atom is 0.246 e. The molecule has 0 aliphatic heterocycles. The molecule has 0 aliphatic rings. The highest BCUT2D eigenvalue weighted by Gasteiger charge is 2.27. The predicted octanol–water partition coefficient (Wildman–Crippen LogP) is 2.14. The first-order valence-corrected chi connectivity index (χ1v) is 7.98. The van der Waals surface area contributed by atoms with Gasteiger partial charge in [0.1, 0.15) is 10.7 Å². The number of ether oxygens (including phenoxy) is 1. The average Bonchev–Trinajstić information content (AvgIpc) is 2.38. The topological polar surface area (TPSA) is 70.4 Å². The van der Waals surface area contributed by atoms with E-state index in [1.54, 1.807) is 0 Å². The molecule has 0 heterocycles. The number of nitriles is 1. The summed E-state index contributed by atoms with van der Waals surface area (Å²) in [7, 11) is -2.55. The van der Waals surface area contributed by atoms with Crippen LogP contribution in [0.2, 0.25) is 0 Å². The van der Waals surface area contributed by atoms with Crippen LogP contribution in [0, 0.1) is 17.1 Å². The van der Waals surface area contributed by atoms with Crippen molar-refractivity contribution >= 4 is 26.0 Å². The first-order valence-electron chi connectivity index (χ1n) is 5.74. The molecule has 20 heavy (non-hydrogen) atoms. The summed E-state index contributed by atoms with van der Waals surface area (Å²) < 4.78 is 44.9. The Morgan fingerprint density at radius 2 is 2.15 bits per heavy atom. The normalized spacial score (nSPS) is 11.6. The van der Waals surface area contributed by atoms with Crippen LogP contribution in [0.3, 0.4) is 0 Å². The summed E-state index contributed by atoms with van der Waals surface area (Å²) in [5.41, 5.74) is 0. The fourth-order valence-electron chi connectivity index (χ4n) is 1.54. The Balaban J connectivity index is 3.11. The van der Waals surface area contributed by atoms with Gasteiger partial charge in [0.2, 0.25) is 10.0 Å². The van der Waals surface area contributed by atoms with Crippen LogP contribution in [0.15, 0.2) is 27.6 Å². The van der Waals surface area contributed by atoms with Gasteiger partial charge in [-0.15, -0.1) is 0 Å². The highest BCUT2D eigenvalue weighted by molar-refractivity contribution is 9.10. The molecule has 8 heteroatoms. The Morgan fingerprint density at radius 1 is 1.45 bits per heavy atom. The lowest BCUT2D eigenvalue weighted by atomic mass is 10.3. The molecular formula is C12H14BrFN2O3S. The summed E-state index contributed by atoms with van der Waals surface area (Å²) >= 11 is 3.07. The molecule has 1 aromatic rings. The van der Waals surface area contributed by atoms with Gasteiger partial charge in [-0.05, 0) is 18.2 Å². The summed E-state index contributed by atoms with van der Waals surface area (Å²) in [4.78, 5) is -0.408. The van der Waals surface area contributed by atoms with Crippen molar-refractivity contribution in [3.05, 3.63) is 28.5 Å². The molecule has 0 aromatic heterocycles. The molecule has 0 unspecified atom stereocenters. The van der Waals surface area contributed by atoms with Gasteiger partial charge < -0.3 is 4.74 Å². The Labute approximate surface area is 126 Å². The van der Waals surface area contributed by atoms with E-state index in [1.165, 1.54) is 19.2 Å². The van der Waals surface area contributed by atoms with E-state index in [9.17, 15) is 12.8 Å². The fraction of sp³-hybridized carbons (Fsp3) is 0.417. The third-order valence-corrected chi connectivity index (χ3v) is 4.95. The molecule has 110 valence electrons. The number of benzene rings is 1. The molecule has 0 bridgehead atoms. The average molecular weight is 365 g/mol. The number of hydrogen-bond acceptors (Lipinski definition) is 4. The minimum Gasteiger partial charge on any atom is -0.383 e. The van der Waals surface area contributed by atoms with E-state index in [2.05, 4.69) is 15.9 Å². The Morgan fingerprint density at radius 3 is 2.70 bits per heavy atom. The quantitative estimate of drug-likeness (QED) is 0.742. The SMILES string of the molecule is COCCN(CCC#N)S(=O)(=O)c1ccc(Br)cc1F. The van der Waals surface area contributed by atoms with E-state index in [4.69, 9.17) is 10.00 Å². The molecular weight excluding hydrogens is 351 g/mol.